The molecule has 0 spiro atoms. The maximum atomic E-state index is 12.9. The minimum atomic E-state index is -4.60. The van der Waals surface area contributed by atoms with Gasteiger partial charge in [0.2, 0.25) is 5.82 Å². The fourth-order valence-corrected chi connectivity index (χ4v) is 2.04. The number of aromatic nitrogens is 4. The Balaban J connectivity index is 2.10. The molecule has 5 nitrogen and oxygen atoms in total. The lowest BCUT2D eigenvalue weighted by Gasteiger charge is -2.11. The van der Waals surface area contributed by atoms with Crippen LogP contribution in [-0.2, 0) is 12.7 Å². The standard InChI is InChI=1S/C14H12F3N5/c1-2-22-8-9(7-18-22)19-12-10-5-3-4-6-11(10)20-13(21-12)14(15,16)17/h3-8H,2H2,1H3,(H,19,20,21). The number of rotatable bonds is 3. The van der Waals surface area contributed by atoms with Gasteiger partial charge >= 0.3 is 6.18 Å². The zero-order chi connectivity index (χ0) is 15.7. The highest BCUT2D eigenvalue weighted by molar-refractivity contribution is 5.90. The number of nitrogens with zero attached hydrogens (tertiary/aromatic N) is 4. The molecule has 1 N–H and O–H groups in total. The number of halogens is 3. The Labute approximate surface area is 123 Å². The SMILES string of the molecule is CCn1cc(Nc2nc(C(F)(F)F)nc3ccccc23)cn1. The van der Waals surface area contributed by atoms with Crippen molar-refractivity contribution < 1.29 is 13.2 Å². The summed E-state index contributed by atoms with van der Waals surface area (Å²) in [4.78, 5) is 7.19. The first-order valence-electron chi connectivity index (χ1n) is 6.61. The molecule has 0 unspecified atom stereocenters. The average molecular weight is 307 g/mol. The smallest absolute Gasteiger partial charge is 0.337 e. The summed E-state index contributed by atoms with van der Waals surface area (Å²) in [6.07, 6.45) is -1.37. The highest BCUT2D eigenvalue weighted by Gasteiger charge is 2.35. The van der Waals surface area contributed by atoms with Crippen molar-refractivity contribution in [2.24, 2.45) is 0 Å². The van der Waals surface area contributed by atoms with Gasteiger partial charge in [-0.05, 0) is 19.1 Å². The first-order valence-corrected chi connectivity index (χ1v) is 6.61. The molecule has 0 atom stereocenters. The van der Waals surface area contributed by atoms with Gasteiger partial charge in [0.15, 0.2) is 0 Å². The number of fused-ring (bicyclic) bond motifs is 1. The van der Waals surface area contributed by atoms with E-state index in [-0.39, 0.29) is 11.3 Å². The molecule has 0 aliphatic rings. The van der Waals surface area contributed by atoms with E-state index in [1.165, 1.54) is 12.3 Å². The van der Waals surface area contributed by atoms with Crippen LogP contribution < -0.4 is 5.32 Å². The second-order valence-corrected chi connectivity index (χ2v) is 4.62. The van der Waals surface area contributed by atoms with E-state index < -0.39 is 12.0 Å². The number of alkyl halides is 3. The van der Waals surface area contributed by atoms with Crippen molar-refractivity contribution in [2.75, 3.05) is 5.32 Å². The molecule has 0 aliphatic carbocycles. The predicted octanol–water partition coefficient (Wildman–Crippen LogP) is 3.61. The van der Waals surface area contributed by atoms with Crippen molar-refractivity contribution in [1.82, 2.24) is 19.7 Å². The van der Waals surface area contributed by atoms with Crippen LogP contribution in [-0.4, -0.2) is 19.7 Å². The van der Waals surface area contributed by atoms with Crippen LogP contribution in [0.5, 0.6) is 0 Å². The molecule has 8 heteroatoms. The maximum absolute atomic E-state index is 12.9. The molecular formula is C14H12F3N5. The summed E-state index contributed by atoms with van der Waals surface area (Å²) >= 11 is 0. The van der Waals surface area contributed by atoms with E-state index in [0.717, 1.165) is 0 Å². The van der Waals surface area contributed by atoms with Gasteiger partial charge in [-0.3, -0.25) is 4.68 Å². The molecule has 2 aromatic heterocycles. The summed E-state index contributed by atoms with van der Waals surface area (Å²) < 4.78 is 40.4. The summed E-state index contributed by atoms with van der Waals surface area (Å²) in [5.74, 6) is -1.06. The van der Waals surface area contributed by atoms with E-state index in [0.29, 0.717) is 17.6 Å². The number of hydrogen-bond donors (Lipinski definition) is 1. The van der Waals surface area contributed by atoms with Crippen molar-refractivity contribution in [2.45, 2.75) is 19.6 Å². The van der Waals surface area contributed by atoms with Gasteiger partial charge in [-0.2, -0.15) is 18.3 Å². The van der Waals surface area contributed by atoms with E-state index in [1.807, 2.05) is 6.92 Å². The zero-order valence-electron chi connectivity index (χ0n) is 11.6. The number of hydrogen-bond acceptors (Lipinski definition) is 4. The van der Waals surface area contributed by atoms with Gasteiger partial charge in [-0.25, -0.2) is 9.97 Å². The summed E-state index contributed by atoms with van der Waals surface area (Å²) in [5.41, 5.74) is 0.800. The lowest BCUT2D eigenvalue weighted by molar-refractivity contribution is -0.144. The average Bonchev–Trinajstić information content (AvgIpc) is 2.94. The molecule has 3 rings (SSSR count). The largest absolute Gasteiger partial charge is 0.451 e. The van der Waals surface area contributed by atoms with E-state index in [9.17, 15) is 13.2 Å². The van der Waals surface area contributed by atoms with Crippen LogP contribution in [0.2, 0.25) is 0 Å². The van der Waals surface area contributed by atoms with Crippen LogP contribution >= 0.6 is 0 Å². The van der Waals surface area contributed by atoms with E-state index in [1.54, 1.807) is 29.1 Å². The summed E-state index contributed by atoms with van der Waals surface area (Å²) in [6.45, 7) is 2.58. The Hall–Kier alpha value is -2.64. The summed E-state index contributed by atoms with van der Waals surface area (Å²) in [5, 5.41) is 7.46. The molecule has 0 radical (unpaired) electrons. The number of aryl methyl sites for hydroxylation is 1. The minimum absolute atomic E-state index is 0.105. The van der Waals surface area contributed by atoms with Crippen LogP contribution in [0.3, 0.4) is 0 Å². The molecule has 0 saturated heterocycles. The van der Waals surface area contributed by atoms with Gasteiger partial charge < -0.3 is 5.32 Å². The van der Waals surface area contributed by atoms with Crippen LogP contribution in [0.15, 0.2) is 36.7 Å². The third-order valence-electron chi connectivity index (χ3n) is 3.08. The van der Waals surface area contributed by atoms with Crippen molar-refractivity contribution >= 4 is 22.4 Å². The Kier molecular flexibility index (Phi) is 3.44. The zero-order valence-corrected chi connectivity index (χ0v) is 11.6. The number of para-hydroxylation sites is 1. The monoisotopic (exact) mass is 307 g/mol. The molecule has 22 heavy (non-hydrogen) atoms. The van der Waals surface area contributed by atoms with Crippen LogP contribution in [0.4, 0.5) is 24.7 Å². The van der Waals surface area contributed by atoms with Crippen LogP contribution in [0, 0.1) is 0 Å². The fraction of sp³-hybridized carbons (Fsp3) is 0.214. The molecular weight excluding hydrogens is 295 g/mol. The molecule has 0 fully saturated rings. The molecule has 0 bridgehead atoms. The second-order valence-electron chi connectivity index (χ2n) is 4.62. The van der Waals surface area contributed by atoms with Crippen LogP contribution in [0.1, 0.15) is 12.7 Å². The first-order chi connectivity index (χ1) is 10.5. The number of nitrogens with one attached hydrogen (secondary N) is 1. The Morgan fingerprint density at radius 3 is 2.64 bits per heavy atom. The van der Waals surface area contributed by atoms with Crippen molar-refractivity contribution in [1.29, 1.82) is 0 Å². The Bertz CT molecular complexity index is 810. The van der Waals surface area contributed by atoms with Gasteiger partial charge in [0.05, 0.1) is 17.4 Å². The Morgan fingerprint density at radius 1 is 1.18 bits per heavy atom. The van der Waals surface area contributed by atoms with Crippen molar-refractivity contribution in [3.63, 3.8) is 0 Å². The highest BCUT2D eigenvalue weighted by Crippen LogP contribution is 2.31. The van der Waals surface area contributed by atoms with Crippen LogP contribution in [0.25, 0.3) is 10.9 Å². The second kappa shape index (κ2) is 5.28. The quantitative estimate of drug-likeness (QED) is 0.803. The highest BCUT2D eigenvalue weighted by atomic mass is 19.4. The maximum Gasteiger partial charge on any atom is 0.451 e. The van der Waals surface area contributed by atoms with Gasteiger partial charge in [0.25, 0.3) is 0 Å². The van der Waals surface area contributed by atoms with E-state index in [2.05, 4.69) is 20.4 Å². The summed E-state index contributed by atoms with van der Waals surface area (Å²) in [7, 11) is 0. The molecule has 1 aromatic carbocycles. The lowest BCUT2D eigenvalue weighted by atomic mass is 10.2. The topological polar surface area (TPSA) is 55.6 Å². The van der Waals surface area contributed by atoms with Gasteiger partial charge in [-0.1, -0.05) is 12.1 Å². The van der Waals surface area contributed by atoms with Gasteiger partial charge in [0.1, 0.15) is 5.82 Å². The predicted molar refractivity (Wildman–Crippen MR) is 75.7 cm³/mol. The lowest BCUT2D eigenvalue weighted by Crippen LogP contribution is -2.12. The van der Waals surface area contributed by atoms with E-state index in [4.69, 9.17) is 0 Å². The number of anilines is 2. The fourth-order valence-electron chi connectivity index (χ4n) is 2.04. The summed E-state index contributed by atoms with van der Waals surface area (Å²) in [6, 6.07) is 6.54. The first kappa shape index (κ1) is 14.3. The minimum Gasteiger partial charge on any atom is -0.337 e. The molecule has 0 saturated carbocycles. The molecule has 0 amide bonds. The normalized spacial score (nSPS) is 11.8. The van der Waals surface area contributed by atoms with Gasteiger partial charge in [-0.15, -0.1) is 0 Å². The third kappa shape index (κ3) is 2.72. The van der Waals surface area contributed by atoms with Crippen molar-refractivity contribution in [3.8, 4) is 0 Å². The van der Waals surface area contributed by atoms with Gasteiger partial charge in [0, 0.05) is 18.1 Å². The van der Waals surface area contributed by atoms with E-state index >= 15 is 0 Å². The van der Waals surface area contributed by atoms with Crippen molar-refractivity contribution in [3.05, 3.63) is 42.5 Å². The Morgan fingerprint density at radius 2 is 1.95 bits per heavy atom. The molecule has 2 heterocycles. The number of benzene rings is 1. The third-order valence-corrected chi connectivity index (χ3v) is 3.08. The molecule has 0 aliphatic heterocycles. The molecule has 114 valence electrons. The molecule has 3 aromatic rings.